The molecule has 5 aliphatic heterocycles. The van der Waals surface area contributed by atoms with E-state index in [1.807, 2.05) is 18.0 Å². The molecule has 9 rings (SSSR count). The largest absolute Gasteiger partial charge is 0.467 e. The molecule has 0 amide bonds. The van der Waals surface area contributed by atoms with E-state index >= 15 is 0 Å². The van der Waals surface area contributed by atoms with Crippen molar-refractivity contribution < 1.29 is 34.4 Å². The summed E-state index contributed by atoms with van der Waals surface area (Å²) in [5.41, 5.74) is 1.70. The van der Waals surface area contributed by atoms with Gasteiger partial charge in [-0.05, 0) is 92.3 Å². The van der Waals surface area contributed by atoms with Crippen LogP contribution in [-0.4, -0.2) is 125 Å². The summed E-state index contributed by atoms with van der Waals surface area (Å²) in [5, 5.41) is 38.4. The molecule has 3 fully saturated rings. The molecule has 1 saturated carbocycles. The number of esters is 2. The lowest BCUT2D eigenvalue weighted by atomic mass is 9.47. The number of anilines is 1. The molecular formula is C45H58N4O7. The molecule has 10 atom stereocenters. The van der Waals surface area contributed by atoms with Crippen molar-refractivity contribution in [3.63, 3.8) is 0 Å². The van der Waals surface area contributed by atoms with Gasteiger partial charge in [0.2, 0.25) is 5.60 Å². The first kappa shape index (κ1) is 37.8. The van der Waals surface area contributed by atoms with Crippen LogP contribution < -0.4 is 4.90 Å². The number of piperidine rings is 1. The van der Waals surface area contributed by atoms with Crippen molar-refractivity contribution >= 4 is 28.5 Å². The van der Waals surface area contributed by atoms with Crippen LogP contribution in [0.15, 0.2) is 48.6 Å². The van der Waals surface area contributed by atoms with E-state index in [2.05, 4.69) is 78.0 Å². The number of aliphatic hydroxyl groups is 3. The Morgan fingerprint density at radius 2 is 1.82 bits per heavy atom. The van der Waals surface area contributed by atoms with E-state index in [9.17, 15) is 24.9 Å². The lowest BCUT2D eigenvalue weighted by molar-refractivity contribution is -0.228. The number of aromatic amines is 1. The molecule has 1 aromatic heterocycles. The molecule has 6 heterocycles. The second-order valence-electron chi connectivity index (χ2n) is 18.2. The number of para-hydroxylation sites is 1. The van der Waals surface area contributed by atoms with E-state index in [1.54, 1.807) is 0 Å². The van der Waals surface area contributed by atoms with Gasteiger partial charge in [0.15, 0.2) is 6.10 Å². The third-order valence-corrected chi connectivity index (χ3v) is 15.5. The lowest BCUT2D eigenvalue weighted by Crippen LogP contribution is -2.81. The van der Waals surface area contributed by atoms with Crippen LogP contribution in [0.4, 0.5) is 5.69 Å². The lowest BCUT2D eigenvalue weighted by Gasteiger charge is -2.63. The number of aryl methyl sites for hydroxylation is 1. The molecule has 1 spiro atoms. The number of nitrogens with zero attached hydrogens (tertiary/aromatic N) is 3. The molecule has 0 radical (unpaired) electrons. The summed E-state index contributed by atoms with van der Waals surface area (Å²) in [6.45, 7) is 11.2. The van der Waals surface area contributed by atoms with Crippen molar-refractivity contribution in [2.24, 2.45) is 11.3 Å². The van der Waals surface area contributed by atoms with Gasteiger partial charge in [-0.3, -0.25) is 14.6 Å². The Bertz CT molecular complexity index is 2130. The number of benzene rings is 2. The van der Waals surface area contributed by atoms with Crippen molar-refractivity contribution in [3.8, 4) is 0 Å². The summed E-state index contributed by atoms with van der Waals surface area (Å²) >= 11 is 0. The number of hydrogen-bond acceptors (Lipinski definition) is 10. The van der Waals surface area contributed by atoms with Gasteiger partial charge in [-0.25, -0.2) is 4.79 Å². The fraction of sp³-hybridized carbons (Fsp3) is 0.600. The number of methoxy groups -OCH3 is 1. The summed E-state index contributed by atoms with van der Waals surface area (Å²) in [4.78, 5) is 38.0. The number of ether oxygens (including phenoxy) is 2. The van der Waals surface area contributed by atoms with Gasteiger partial charge >= 0.3 is 11.9 Å². The topological polar surface area (TPSA) is 139 Å². The van der Waals surface area contributed by atoms with E-state index in [1.165, 1.54) is 19.6 Å². The normalized spacial score (nSPS) is 38.5. The van der Waals surface area contributed by atoms with Crippen molar-refractivity contribution in [2.45, 2.75) is 106 Å². The third kappa shape index (κ3) is 4.81. The second-order valence-corrected chi connectivity index (χ2v) is 18.2. The molecule has 6 aliphatic rings. The molecular weight excluding hydrogens is 709 g/mol. The number of aromatic nitrogens is 1. The highest BCUT2D eigenvalue weighted by atomic mass is 16.6. The minimum atomic E-state index is -2.21. The molecule has 11 heteroatoms. The number of fused-ring (bicyclic) bond motifs is 6. The van der Waals surface area contributed by atoms with Crippen molar-refractivity contribution in [1.29, 1.82) is 0 Å². The number of likely N-dealkylation sites (N-methyl/N-ethyl adjacent to an activating group) is 1. The maximum atomic E-state index is 14.3. The zero-order valence-electron chi connectivity index (χ0n) is 33.7. The molecule has 1 aliphatic carbocycles. The second kappa shape index (κ2) is 12.9. The Balaban J connectivity index is 1.32. The number of aliphatic hydroxyl groups excluding tert-OH is 1. The Labute approximate surface area is 329 Å². The Morgan fingerprint density at radius 3 is 2.54 bits per heavy atom. The first-order chi connectivity index (χ1) is 26.8. The molecule has 4 N–H and O–H groups in total. The van der Waals surface area contributed by atoms with Crippen LogP contribution in [0.2, 0.25) is 0 Å². The highest BCUT2D eigenvalue weighted by molar-refractivity contribution is 5.88. The number of nitrogens with one attached hydrogen (secondary N) is 1. The maximum Gasteiger partial charge on any atom is 0.344 e. The molecule has 3 unspecified atom stereocenters. The van der Waals surface area contributed by atoms with E-state index in [0.29, 0.717) is 45.2 Å². The highest BCUT2D eigenvalue weighted by Gasteiger charge is 2.80. The number of hydrogen-bond donors (Lipinski definition) is 4. The van der Waals surface area contributed by atoms with Crippen LogP contribution >= 0.6 is 0 Å². The van der Waals surface area contributed by atoms with Crippen LogP contribution in [0.5, 0.6) is 0 Å². The van der Waals surface area contributed by atoms with Crippen molar-refractivity contribution in [3.05, 3.63) is 76.5 Å². The predicted octanol–water partition coefficient (Wildman–Crippen LogP) is 4.11. The zero-order chi connectivity index (χ0) is 39.6. The number of H-pyrrole nitrogens is 1. The quantitative estimate of drug-likeness (QED) is 0.214. The molecule has 2 saturated heterocycles. The van der Waals surface area contributed by atoms with E-state index in [-0.39, 0.29) is 18.6 Å². The first-order valence-electron chi connectivity index (χ1n) is 20.7. The van der Waals surface area contributed by atoms with Crippen LogP contribution in [0.25, 0.3) is 10.9 Å². The fourth-order valence-electron chi connectivity index (χ4n) is 13.5. The first-order valence-corrected chi connectivity index (χ1v) is 20.7. The molecule has 3 aromatic rings. The highest BCUT2D eigenvalue weighted by Crippen LogP contribution is 2.68. The van der Waals surface area contributed by atoms with Crippen LogP contribution in [0, 0.1) is 18.3 Å². The summed E-state index contributed by atoms with van der Waals surface area (Å²) in [6, 6.07) is 11.9. The molecule has 56 heavy (non-hydrogen) atoms. The number of carbonyl (C=O) groups excluding carboxylic acids is 2. The summed E-state index contributed by atoms with van der Waals surface area (Å²) in [5.74, 6) is -1.27. The van der Waals surface area contributed by atoms with E-state index < -0.39 is 51.5 Å². The van der Waals surface area contributed by atoms with Gasteiger partial charge < -0.3 is 34.7 Å². The van der Waals surface area contributed by atoms with Gasteiger partial charge in [-0.2, -0.15) is 0 Å². The van der Waals surface area contributed by atoms with Crippen LogP contribution in [0.3, 0.4) is 0 Å². The van der Waals surface area contributed by atoms with Gasteiger partial charge in [0.25, 0.3) is 0 Å². The monoisotopic (exact) mass is 766 g/mol. The van der Waals surface area contributed by atoms with Crippen LogP contribution in [-0.2, 0) is 36.3 Å². The van der Waals surface area contributed by atoms with Gasteiger partial charge in [0.05, 0.1) is 30.8 Å². The number of carbonyl (C=O) groups is 2. The Morgan fingerprint density at radius 1 is 1.04 bits per heavy atom. The summed E-state index contributed by atoms with van der Waals surface area (Å²) in [6.07, 6.45) is 6.91. The van der Waals surface area contributed by atoms with Crippen LogP contribution in [0.1, 0.15) is 80.8 Å². The smallest absolute Gasteiger partial charge is 0.344 e. The van der Waals surface area contributed by atoms with Crippen molar-refractivity contribution in [2.75, 3.05) is 58.4 Å². The fourth-order valence-corrected chi connectivity index (χ4v) is 13.5. The van der Waals surface area contributed by atoms with Gasteiger partial charge in [0.1, 0.15) is 0 Å². The summed E-state index contributed by atoms with van der Waals surface area (Å²) in [7, 11) is 3.23. The van der Waals surface area contributed by atoms with E-state index in [0.717, 1.165) is 65.0 Å². The Hall–Kier alpha value is -3.74. The van der Waals surface area contributed by atoms with Crippen molar-refractivity contribution in [1.82, 2.24) is 14.8 Å². The van der Waals surface area contributed by atoms with Gasteiger partial charge in [-0.15, -0.1) is 0 Å². The number of rotatable bonds is 6. The van der Waals surface area contributed by atoms with Gasteiger partial charge in [-0.1, -0.05) is 50.3 Å². The zero-order valence-corrected chi connectivity index (χ0v) is 33.7. The average molecular weight is 767 g/mol. The SMILES string of the molecule is CC[C@]1(O)C[C@@H]2CN(CCc3c([nH]c4ccccc34)[C@@](CO)(c3cc4c(cc3C)N(C)C3C(O)(C(=O)OC)[C@H](OC(C)=O)[C@]5(CC)C=CCN6CC[C@]43[C@@H]65)C2)C1. The van der Waals surface area contributed by atoms with E-state index in [4.69, 9.17) is 9.47 Å². The minimum absolute atomic E-state index is 0.112. The minimum Gasteiger partial charge on any atom is -0.467 e. The molecule has 300 valence electrons. The third-order valence-electron chi connectivity index (χ3n) is 15.5. The summed E-state index contributed by atoms with van der Waals surface area (Å²) < 4.78 is 11.6. The Kier molecular flexibility index (Phi) is 8.70. The molecule has 11 nitrogen and oxygen atoms in total. The van der Waals surface area contributed by atoms with Gasteiger partial charge in [0, 0.05) is 79.3 Å². The predicted molar refractivity (Wildman–Crippen MR) is 214 cm³/mol. The molecule has 2 aromatic carbocycles. The maximum absolute atomic E-state index is 14.3. The molecule has 2 bridgehead atoms. The standard InChI is InChI=1S/C45H58N4O7/c1-7-41(53)22-29-23-43(26-50,36-31(14-18-48(24-29)25-41)30-12-9-10-13-34(30)46-36)32-21-33-35(20-27(32)3)47(5)38-44(33)16-19-49-17-11-15-42(8-2,37(44)49)39(56-28(4)51)45(38,54)40(52)55-6/h9-13,15,20-21,29,37-39,46,50,53-54H,7-8,14,16-19,22-26H2,1-6H3/t29-,37-,38?,39+,41-,42+,43-,44+,45?/m0/s1. The average Bonchev–Trinajstić information content (AvgIpc) is 3.84.